The number of amides is 1. The maximum atomic E-state index is 12.5. The first kappa shape index (κ1) is 24.2. The average molecular weight is 394 g/mol. The van der Waals surface area contributed by atoms with Crippen molar-refractivity contribution in [2.45, 2.75) is 39.3 Å². The van der Waals surface area contributed by atoms with Crippen LogP contribution in [0.1, 0.15) is 38.8 Å². The van der Waals surface area contributed by atoms with Crippen molar-refractivity contribution in [1.29, 1.82) is 0 Å². The van der Waals surface area contributed by atoms with E-state index < -0.39 is 0 Å². The smallest absolute Gasteiger partial charge is 0.242 e. The highest BCUT2D eigenvalue weighted by atomic mass is 35.5. The summed E-state index contributed by atoms with van der Waals surface area (Å²) < 4.78 is 1.72. The molecule has 0 aliphatic carbocycles. The van der Waals surface area contributed by atoms with Crippen molar-refractivity contribution in [3.8, 4) is 0 Å². The fourth-order valence-electron chi connectivity index (χ4n) is 3.74. The Labute approximate surface area is 163 Å². The third-order valence-corrected chi connectivity index (χ3v) is 4.47. The number of halogens is 2. The number of nitrogens with one attached hydrogen (secondary N) is 2. The zero-order chi connectivity index (χ0) is 17.0. The molecule has 1 aromatic heterocycles. The number of likely N-dealkylation sites (N-methyl/N-ethyl adjacent to an activating group) is 1. The molecular formula is C17H33Cl2N5O. The summed E-state index contributed by atoms with van der Waals surface area (Å²) in [4.78, 5) is 15.0. The van der Waals surface area contributed by atoms with E-state index in [1.54, 1.807) is 17.9 Å². The van der Waals surface area contributed by atoms with Gasteiger partial charge in [0.1, 0.15) is 6.04 Å². The summed E-state index contributed by atoms with van der Waals surface area (Å²) in [6, 6.07) is -0.224. The standard InChI is InChI=1S/C17H31N5O.2ClH/c1-12-6-13(2)9-22(8-12)10-14(3)20-17(23)16(18-4)15-7-19-21(5)11-15;;/h7,11-14,16,18H,6,8-10H2,1-5H3,(H,20,23);2*1H. The van der Waals surface area contributed by atoms with Crippen molar-refractivity contribution in [3.05, 3.63) is 18.0 Å². The van der Waals surface area contributed by atoms with Crippen LogP contribution in [0.2, 0.25) is 0 Å². The van der Waals surface area contributed by atoms with Gasteiger partial charge in [0.15, 0.2) is 0 Å². The van der Waals surface area contributed by atoms with Gasteiger partial charge in [0.2, 0.25) is 5.91 Å². The molecule has 4 unspecified atom stereocenters. The van der Waals surface area contributed by atoms with E-state index in [-0.39, 0.29) is 42.8 Å². The highest BCUT2D eigenvalue weighted by molar-refractivity contribution is 5.85. The van der Waals surface area contributed by atoms with E-state index >= 15 is 0 Å². The fourth-order valence-corrected chi connectivity index (χ4v) is 3.74. The number of aryl methyl sites for hydroxylation is 1. The van der Waals surface area contributed by atoms with E-state index in [9.17, 15) is 4.79 Å². The van der Waals surface area contributed by atoms with Crippen molar-refractivity contribution in [2.24, 2.45) is 18.9 Å². The van der Waals surface area contributed by atoms with Crippen molar-refractivity contribution in [1.82, 2.24) is 25.3 Å². The van der Waals surface area contributed by atoms with Gasteiger partial charge in [-0.05, 0) is 32.2 Å². The van der Waals surface area contributed by atoms with E-state index in [4.69, 9.17) is 0 Å². The van der Waals surface area contributed by atoms with Crippen LogP contribution >= 0.6 is 24.8 Å². The number of carbonyl (C=O) groups excluding carboxylic acids is 1. The van der Waals surface area contributed by atoms with Gasteiger partial charge in [0.25, 0.3) is 0 Å². The van der Waals surface area contributed by atoms with E-state index in [0.717, 1.165) is 37.0 Å². The lowest BCUT2D eigenvalue weighted by Gasteiger charge is -2.36. The minimum atomic E-state index is -0.356. The number of hydrogen-bond donors (Lipinski definition) is 2. The molecule has 1 aliphatic rings. The molecule has 2 heterocycles. The Morgan fingerprint density at radius 2 is 1.92 bits per heavy atom. The lowest BCUT2D eigenvalue weighted by Crippen LogP contribution is -2.48. The lowest BCUT2D eigenvalue weighted by atomic mass is 9.92. The largest absolute Gasteiger partial charge is 0.351 e. The molecule has 0 spiro atoms. The van der Waals surface area contributed by atoms with Crippen LogP contribution in [0.4, 0.5) is 0 Å². The molecule has 1 aliphatic heterocycles. The topological polar surface area (TPSA) is 62.2 Å². The molecular weight excluding hydrogens is 361 g/mol. The fraction of sp³-hybridized carbons (Fsp3) is 0.765. The van der Waals surface area contributed by atoms with Crippen LogP contribution in [0.3, 0.4) is 0 Å². The van der Waals surface area contributed by atoms with E-state index in [1.807, 2.05) is 13.2 Å². The minimum absolute atomic E-state index is 0. The molecule has 2 rings (SSSR count). The van der Waals surface area contributed by atoms with Crippen LogP contribution in [-0.2, 0) is 11.8 Å². The summed E-state index contributed by atoms with van der Waals surface area (Å²) in [5, 5.41) is 10.4. The molecule has 25 heavy (non-hydrogen) atoms. The van der Waals surface area contributed by atoms with Gasteiger partial charge in [-0.2, -0.15) is 5.10 Å². The van der Waals surface area contributed by atoms with Gasteiger partial charge >= 0.3 is 0 Å². The predicted octanol–water partition coefficient (Wildman–Crippen LogP) is 2.01. The van der Waals surface area contributed by atoms with Crippen LogP contribution < -0.4 is 10.6 Å². The lowest BCUT2D eigenvalue weighted by molar-refractivity contribution is -0.124. The first-order valence-electron chi connectivity index (χ1n) is 8.57. The average Bonchev–Trinajstić information content (AvgIpc) is 2.84. The maximum Gasteiger partial charge on any atom is 0.242 e. The highest BCUT2D eigenvalue weighted by Crippen LogP contribution is 2.21. The van der Waals surface area contributed by atoms with Gasteiger partial charge in [0, 0.05) is 44.5 Å². The maximum absolute atomic E-state index is 12.5. The number of rotatable bonds is 6. The van der Waals surface area contributed by atoms with Gasteiger partial charge in [-0.1, -0.05) is 13.8 Å². The Morgan fingerprint density at radius 3 is 2.40 bits per heavy atom. The Balaban J connectivity index is 0.00000288. The number of aromatic nitrogens is 2. The molecule has 2 N–H and O–H groups in total. The van der Waals surface area contributed by atoms with Crippen LogP contribution in [0.15, 0.2) is 12.4 Å². The van der Waals surface area contributed by atoms with Gasteiger partial charge < -0.3 is 15.5 Å². The molecule has 0 aromatic carbocycles. The van der Waals surface area contributed by atoms with Crippen molar-refractivity contribution in [3.63, 3.8) is 0 Å². The summed E-state index contributed by atoms with van der Waals surface area (Å²) in [5.74, 6) is 1.48. The molecule has 146 valence electrons. The first-order chi connectivity index (χ1) is 10.9. The van der Waals surface area contributed by atoms with Gasteiger partial charge in [-0.25, -0.2) is 0 Å². The Hall–Kier alpha value is -0.820. The summed E-state index contributed by atoms with van der Waals surface area (Å²) >= 11 is 0. The second kappa shape index (κ2) is 11.0. The number of piperidine rings is 1. The number of hydrogen-bond acceptors (Lipinski definition) is 4. The molecule has 6 nitrogen and oxygen atoms in total. The van der Waals surface area contributed by atoms with Crippen molar-refractivity contribution >= 4 is 30.7 Å². The monoisotopic (exact) mass is 393 g/mol. The highest BCUT2D eigenvalue weighted by Gasteiger charge is 2.25. The Kier molecular flexibility index (Phi) is 10.7. The van der Waals surface area contributed by atoms with Gasteiger partial charge in [-0.3, -0.25) is 9.48 Å². The third kappa shape index (κ3) is 7.13. The zero-order valence-corrected chi connectivity index (χ0v) is 17.5. The molecule has 4 atom stereocenters. The van der Waals surface area contributed by atoms with Crippen LogP contribution in [0.25, 0.3) is 0 Å². The van der Waals surface area contributed by atoms with Crippen molar-refractivity contribution < 1.29 is 4.79 Å². The predicted molar refractivity (Wildman–Crippen MR) is 106 cm³/mol. The summed E-state index contributed by atoms with van der Waals surface area (Å²) in [6.07, 6.45) is 4.92. The van der Waals surface area contributed by atoms with Gasteiger partial charge in [-0.15, -0.1) is 24.8 Å². The molecule has 8 heteroatoms. The SMILES string of the molecule is CNC(C(=O)NC(C)CN1CC(C)CC(C)C1)c1cnn(C)c1.Cl.Cl. The molecule has 0 radical (unpaired) electrons. The Bertz CT molecular complexity index is 515. The second-order valence-electron chi connectivity index (χ2n) is 7.24. The van der Waals surface area contributed by atoms with E-state index in [0.29, 0.717) is 0 Å². The van der Waals surface area contributed by atoms with Crippen LogP contribution in [0, 0.1) is 11.8 Å². The number of carbonyl (C=O) groups is 1. The van der Waals surface area contributed by atoms with Gasteiger partial charge in [0.05, 0.1) is 6.20 Å². The van der Waals surface area contributed by atoms with E-state index in [2.05, 4.69) is 41.4 Å². The van der Waals surface area contributed by atoms with Crippen molar-refractivity contribution in [2.75, 3.05) is 26.7 Å². The molecule has 1 amide bonds. The summed E-state index contributed by atoms with van der Waals surface area (Å²) in [6.45, 7) is 9.86. The normalized spacial score (nSPS) is 23.1. The quantitative estimate of drug-likeness (QED) is 0.775. The Morgan fingerprint density at radius 1 is 1.32 bits per heavy atom. The molecule has 1 aromatic rings. The molecule has 1 fully saturated rings. The second-order valence-corrected chi connectivity index (χ2v) is 7.24. The third-order valence-electron chi connectivity index (χ3n) is 4.47. The van der Waals surface area contributed by atoms with Crippen LogP contribution in [-0.4, -0.2) is 53.3 Å². The zero-order valence-electron chi connectivity index (χ0n) is 15.9. The summed E-state index contributed by atoms with van der Waals surface area (Å²) in [7, 11) is 3.66. The minimum Gasteiger partial charge on any atom is -0.351 e. The molecule has 1 saturated heterocycles. The number of nitrogens with zero attached hydrogens (tertiary/aromatic N) is 3. The molecule has 0 bridgehead atoms. The first-order valence-corrected chi connectivity index (χ1v) is 8.57. The molecule has 0 saturated carbocycles. The van der Waals surface area contributed by atoms with E-state index in [1.165, 1.54) is 6.42 Å². The summed E-state index contributed by atoms with van der Waals surface area (Å²) in [5.41, 5.74) is 0.889. The number of likely N-dealkylation sites (tertiary alicyclic amines) is 1. The van der Waals surface area contributed by atoms with Crippen LogP contribution in [0.5, 0.6) is 0 Å².